The fraction of sp³-hybridized carbons (Fsp3) is 0.516. The Bertz CT molecular complexity index is 1630. The van der Waals surface area contributed by atoms with Crippen molar-refractivity contribution in [3.8, 4) is 17.1 Å². The fourth-order valence-corrected chi connectivity index (χ4v) is 5.39. The predicted molar refractivity (Wildman–Crippen MR) is 168 cm³/mol. The lowest BCUT2D eigenvalue weighted by molar-refractivity contribution is -0.274. The van der Waals surface area contributed by atoms with E-state index in [1.807, 2.05) is 14.0 Å². The Labute approximate surface area is 270 Å². The number of nitrogens with zero attached hydrogens (tertiary/aromatic N) is 7. The van der Waals surface area contributed by atoms with E-state index in [0.717, 1.165) is 13.1 Å². The summed E-state index contributed by atoms with van der Waals surface area (Å²) in [6.45, 7) is 12.2. The van der Waals surface area contributed by atoms with Gasteiger partial charge in [0.2, 0.25) is 5.95 Å². The second-order valence-corrected chi connectivity index (χ2v) is 12.3. The van der Waals surface area contributed by atoms with Gasteiger partial charge >= 0.3 is 18.4 Å². The minimum absolute atomic E-state index is 0.00647. The fourth-order valence-electron chi connectivity index (χ4n) is 5.39. The number of nitrogens with one attached hydrogen (secondary N) is 1. The van der Waals surface area contributed by atoms with Crippen LogP contribution in [0.3, 0.4) is 0 Å². The van der Waals surface area contributed by atoms with E-state index in [1.54, 1.807) is 44.5 Å². The van der Waals surface area contributed by atoms with Gasteiger partial charge in [-0.05, 0) is 59.4 Å². The maximum atomic E-state index is 13.4. The van der Waals surface area contributed by atoms with Crippen LogP contribution in [0, 0.1) is 0 Å². The molecule has 0 radical (unpaired) electrons. The van der Waals surface area contributed by atoms with Crippen LogP contribution in [0.1, 0.15) is 57.1 Å². The van der Waals surface area contributed by atoms with E-state index in [-0.39, 0.29) is 41.9 Å². The van der Waals surface area contributed by atoms with Gasteiger partial charge in [-0.3, -0.25) is 9.58 Å². The summed E-state index contributed by atoms with van der Waals surface area (Å²) in [5.41, 5.74) is 1.27. The van der Waals surface area contributed by atoms with Crippen molar-refractivity contribution in [3.63, 3.8) is 0 Å². The van der Waals surface area contributed by atoms with Crippen molar-refractivity contribution in [2.45, 2.75) is 66.1 Å². The van der Waals surface area contributed by atoms with Gasteiger partial charge in [-0.25, -0.2) is 19.6 Å². The molecule has 13 nitrogen and oxygen atoms in total. The lowest BCUT2D eigenvalue weighted by Gasteiger charge is -2.34. The van der Waals surface area contributed by atoms with Crippen LogP contribution in [0.4, 0.5) is 41.0 Å². The number of piperazine rings is 1. The molecule has 254 valence electrons. The number of anilines is 4. The number of fused-ring (bicyclic) bond motifs is 3. The van der Waals surface area contributed by atoms with Gasteiger partial charge in [0.05, 0.1) is 36.4 Å². The van der Waals surface area contributed by atoms with Gasteiger partial charge in [0.1, 0.15) is 11.3 Å². The van der Waals surface area contributed by atoms with Crippen molar-refractivity contribution in [2.75, 3.05) is 55.0 Å². The summed E-state index contributed by atoms with van der Waals surface area (Å²) >= 11 is 0. The topological polar surface area (TPSA) is 127 Å². The number of aromatic nitrogens is 4. The summed E-state index contributed by atoms with van der Waals surface area (Å²) in [5, 5.41) is 7.44. The van der Waals surface area contributed by atoms with Crippen molar-refractivity contribution in [1.82, 2.24) is 24.6 Å². The minimum atomic E-state index is -4.94. The number of amides is 1. The standard InChI is InChI=1S/C31H39F3N8O5/c1-7-11-42-26-20(24(38-42)27(43)45-8-2)18-41(29(44)47-30(3,4)5)22-17-35-28(37-25(22)26)36-21-16-19(40-14-12-39(6)13-15-40)9-10-23(21)46-31(32,33)34/h9-10,16-17H,7-8,11-15,18H2,1-6H3,(H,35,36,37). The Kier molecular flexibility index (Phi) is 9.52. The summed E-state index contributed by atoms with van der Waals surface area (Å²) in [4.78, 5) is 41.1. The predicted octanol–water partition coefficient (Wildman–Crippen LogP) is 5.58. The molecule has 0 saturated carbocycles. The molecular formula is C31H39F3N8O5. The zero-order valence-electron chi connectivity index (χ0n) is 27.3. The summed E-state index contributed by atoms with van der Waals surface area (Å²) in [5.74, 6) is -1.19. The quantitative estimate of drug-likeness (QED) is 0.305. The van der Waals surface area contributed by atoms with Crippen molar-refractivity contribution < 1.29 is 37.0 Å². The number of benzene rings is 1. The highest BCUT2D eigenvalue weighted by atomic mass is 19.4. The highest BCUT2D eigenvalue weighted by Gasteiger charge is 2.38. The first-order valence-corrected chi connectivity index (χ1v) is 15.4. The van der Waals surface area contributed by atoms with E-state index in [0.29, 0.717) is 43.0 Å². The second-order valence-electron chi connectivity index (χ2n) is 12.3. The molecule has 2 aliphatic rings. The molecule has 2 aliphatic heterocycles. The van der Waals surface area contributed by atoms with Gasteiger partial charge in [0, 0.05) is 44.0 Å². The van der Waals surface area contributed by atoms with Crippen molar-refractivity contribution in [3.05, 3.63) is 35.7 Å². The number of carbonyl (C=O) groups excluding carboxylic acids is 2. The molecule has 0 bridgehead atoms. The smallest absolute Gasteiger partial charge is 0.461 e. The number of ether oxygens (including phenoxy) is 3. The van der Waals surface area contributed by atoms with Gasteiger partial charge in [-0.1, -0.05) is 6.92 Å². The third kappa shape index (κ3) is 7.69. The lowest BCUT2D eigenvalue weighted by Crippen LogP contribution is -2.44. The molecule has 3 aromatic rings. The van der Waals surface area contributed by atoms with E-state index >= 15 is 0 Å². The SMILES string of the molecule is CCCn1nc(C(=O)OCC)c2c1-c1nc(Nc3cc(N4CCN(C)CC4)ccc3OC(F)(F)F)ncc1N(C(=O)OC(C)(C)C)C2. The molecular weight excluding hydrogens is 621 g/mol. The molecule has 1 amide bonds. The number of carbonyl (C=O) groups is 2. The van der Waals surface area contributed by atoms with Gasteiger partial charge in [-0.15, -0.1) is 13.2 Å². The summed E-state index contributed by atoms with van der Waals surface area (Å²) < 4.78 is 57.2. The van der Waals surface area contributed by atoms with Crippen molar-refractivity contribution in [2.24, 2.45) is 0 Å². The van der Waals surface area contributed by atoms with Crippen LogP contribution in [-0.4, -0.2) is 88.5 Å². The summed E-state index contributed by atoms with van der Waals surface area (Å²) in [6.07, 6.45) is -3.59. The van der Waals surface area contributed by atoms with Crippen LogP contribution >= 0.6 is 0 Å². The third-order valence-electron chi connectivity index (χ3n) is 7.47. The maximum absolute atomic E-state index is 13.4. The highest BCUT2D eigenvalue weighted by molar-refractivity contribution is 5.99. The normalized spacial score (nSPS) is 15.2. The molecule has 2 aromatic heterocycles. The molecule has 1 saturated heterocycles. The molecule has 0 unspecified atom stereocenters. The number of rotatable bonds is 8. The van der Waals surface area contributed by atoms with Crippen molar-refractivity contribution in [1.29, 1.82) is 0 Å². The van der Waals surface area contributed by atoms with Crippen LogP contribution in [0.25, 0.3) is 11.4 Å². The molecule has 1 N–H and O–H groups in total. The third-order valence-corrected chi connectivity index (χ3v) is 7.47. The highest BCUT2D eigenvalue weighted by Crippen LogP contribution is 2.42. The first kappa shape index (κ1) is 33.8. The van der Waals surface area contributed by atoms with Crippen molar-refractivity contribution >= 4 is 35.1 Å². The molecule has 5 rings (SSSR count). The average molecular weight is 661 g/mol. The number of hydrogen-bond donors (Lipinski definition) is 1. The first-order chi connectivity index (χ1) is 22.2. The molecule has 0 atom stereocenters. The molecule has 4 heterocycles. The Morgan fingerprint density at radius 2 is 1.79 bits per heavy atom. The molecule has 0 spiro atoms. The molecule has 47 heavy (non-hydrogen) atoms. The number of halogens is 3. The average Bonchev–Trinajstić information content (AvgIpc) is 3.35. The van der Waals surface area contributed by atoms with E-state index in [2.05, 4.69) is 34.9 Å². The largest absolute Gasteiger partial charge is 0.573 e. The molecule has 1 aromatic carbocycles. The van der Waals surface area contributed by atoms with Crippen LogP contribution in [0.15, 0.2) is 24.4 Å². The van der Waals surface area contributed by atoms with E-state index in [1.165, 1.54) is 17.2 Å². The Morgan fingerprint density at radius 1 is 1.06 bits per heavy atom. The van der Waals surface area contributed by atoms with Crippen LogP contribution in [0.5, 0.6) is 5.75 Å². The first-order valence-electron chi connectivity index (χ1n) is 15.4. The minimum Gasteiger partial charge on any atom is -0.461 e. The van der Waals surface area contributed by atoms with Gasteiger partial charge in [0.15, 0.2) is 11.4 Å². The Morgan fingerprint density at radius 3 is 2.43 bits per heavy atom. The van der Waals surface area contributed by atoms with Crippen LogP contribution in [-0.2, 0) is 22.6 Å². The zero-order valence-corrected chi connectivity index (χ0v) is 27.3. The van der Waals surface area contributed by atoms with Gasteiger partial charge in [0.25, 0.3) is 0 Å². The van der Waals surface area contributed by atoms with E-state index in [9.17, 15) is 22.8 Å². The number of alkyl halides is 3. The summed E-state index contributed by atoms with van der Waals surface area (Å²) in [6, 6.07) is 4.40. The number of likely N-dealkylation sites (N-methyl/N-ethyl adjacent to an activating group) is 1. The van der Waals surface area contributed by atoms with Gasteiger partial charge in [-0.2, -0.15) is 5.10 Å². The van der Waals surface area contributed by atoms with E-state index in [4.69, 9.17) is 9.47 Å². The van der Waals surface area contributed by atoms with Crippen LogP contribution < -0.4 is 19.9 Å². The maximum Gasteiger partial charge on any atom is 0.573 e. The molecule has 0 aliphatic carbocycles. The van der Waals surface area contributed by atoms with E-state index < -0.39 is 29.8 Å². The van der Waals surface area contributed by atoms with Crippen LogP contribution in [0.2, 0.25) is 0 Å². The Hall–Kier alpha value is -4.60. The molecule has 16 heteroatoms. The molecule has 1 fully saturated rings. The summed E-state index contributed by atoms with van der Waals surface area (Å²) in [7, 11) is 2.01. The Balaban J connectivity index is 1.61. The lowest BCUT2D eigenvalue weighted by atomic mass is 10.0. The number of aryl methyl sites for hydroxylation is 1. The number of esters is 1. The monoisotopic (exact) mass is 660 g/mol. The number of hydrogen-bond acceptors (Lipinski definition) is 11. The zero-order chi connectivity index (χ0) is 34.1. The van der Waals surface area contributed by atoms with Gasteiger partial charge < -0.3 is 29.3 Å². The second kappa shape index (κ2) is 13.3.